The number of carbonyl (C=O) groups excluding carboxylic acids is 1. The second kappa shape index (κ2) is 6.83. The number of rotatable bonds is 2. The summed E-state index contributed by atoms with van der Waals surface area (Å²) >= 11 is 0. The van der Waals surface area contributed by atoms with Crippen molar-refractivity contribution in [3.63, 3.8) is 0 Å². The average Bonchev–Trinajstić information content (AvgIpc) is 2.68. The van der Waals surface area contributed by atoms with Gasteiger partial charge in [0.1, 0.15) is 11.7 Å². The van der Waals surface area contributed by atoms with Crippen molar-refractivity contribution < 1.29 is 4.79 Å². The van der Waals surface area contributed by atoms with E-state index in [1.807, 2.05) is 11.0 Å². The molecule has 0 saturated carbocycles. The van der Waals surface area contributed by atoms with Gasteiger partial charge in [-0.05, 0) is 36.5 Å². The summed E-state index contributed by atoms with van der Waals surface area (Å²) in [5.41, 5.74) is 0.691. The molecular formula is C19H20N6O2. The molecule has 2 N–H and O–H groups in total. The van der Waals surface area contributed by atoms with Crippen LogP contribution in [0.4, 0.5) is 11.8 Å². The Labute approximate surface area is 156 Å². The number of anilines is 2. The molecule has 27 heavy (non-hydrogen) atoms. The van der Waals surface area contributed by atoms with Gasteiger partial charge in [-0.3, -0.25) is 19.6 Å². The van der Waals surface area contributed by atoms with Crippen LogP contribution in [0, 0.1) is 23.2 Å². The fraction of sp³-hybridized carbons (Fsp3) is 0.421. The van der Waals surface area contributed by atoms with Gasteiger partial charge in [-0.25, -0.2) is 0 Å². The first-order valence-electron chi connectivity index (χ1n) is 9.08. The van der Waals surface area contributed by atoms with Crippen LogP contribution in [0.2, 0.25) is 0 Å². The minimum Gasteiger partial charge on any atom is -0.342 e. The molecule has 0 bridgehead atoms. The van der Waals surface area contributed by atoms with Crippen LogP contribution >= 0.6 is 0 Å². The number of aromatic nitrogens is 3. The average molecular weight is 364 g/mol. The van der Waals surface area contributed by atoms with Crippen molar-refractivity contribution in [2.45, 2.75) is 25.7 Å². The summed E-state index contributed by atoms with van der Waals surface area (Å²) in [7, 11) is 0. The second-order valence-electron chi connectivity index (χ2n) is 7.18. The summed E-state index contributed by atoms with van der Waals surface area (Å²) in [6.07, 6.45) is 5.23. The third kappa shape index (κ3) is 3.05. The fourth-order valence-corrected chi connectivity index (χ4v) is 3.80. The molecule has 1 amide bonds. The van der Waals surface area contributed by atoms with Crippen molar-refractivity contribution in [2.75, 3.05) is 23.3 Å². The summed E-state index contributed by atoms with van der Waals surface area (Å²) in [5, 5.41) is 12.2. The lowest BCUT2D eigenvalue weighted by atomic mass is 9.79. The van der Waals surface area contributed by atoms with Gasteiger partial charge >= 0.3 is 0 Å². The molecule has 2 unspecified atom stereocenters. The van der Waals surface area contributed by atoms with Gasteiger partial charge in [-0.2, -0.15) is 10.2 Å². The van der Waals surface area contributed by atoms with Gasteiger partial charge in [-0.1, -0.05) is 6.92 Å². The number of fused-ring (bicyclic) bond motifs is 1. The SMILES string of the molecule is CC1CCN(c2nc3c(c(=O)[nH]2)C(c2ccncc2)C(C#N)C(=O)N3)CC1. The number of pyridine rings is 1. The molecule has 0 aromatic carbocycles. The van der Waals surface area contributed by atoms with Crippen LogP contribution in [0.15, 0.2) is 29.3 Å². The lowest BCUT2D eigenvalue weighted by Crippen LogP contribution is -2.40. The van der Waals surface area contributed by atoms with Gasteiger partial charge in [0.15, 0.2) is 0 Å². The minimum atomic E-state index is -0.996. The first-order valence-corrected chi connectivity index (χ1v) is 9.08. The van der Waals surface area contributed by atoms with Gasteiger partial charge in [-0.15, -0.1) is 0 Å². The quantitative estimate of drug-likeness (QED) is 0.837. The summed E-state index contributed by atoms with van der Waals surface area (Å²) < 4.78 is 0. The maximum Gasteiger partial charge on any atom is 0.258 e. The lowest BCUT2D eigenvalue weighted by molar-refractivity contribution is -0.119. The van der Waals surface area contributed by atoms with Crippen LogP contribution in [-0.4, -0.2) is 33.9 Å². The topological polar surface area (TPSA) is 115 Å². The van der Waals surface area contributed by atoms with Crippen molar-refractivity contribution in [1.29, 1.82) is 5.26 Å². The van der Waals surface area contributed by atoms with Crippen molar-refractivity contribution in [1.82, 2.24) is 15.0 Å². The molecule has 2 aromatic heterocycles. The third-order valence-electron chi connectivity index (χ3n) is 5.40. The highest BCUT2D eigenvalue weighted by Gasteiger charge is 2.40. The maximum absolute atomic E-state index is 12.9. The van der Waals surface area contributed by atoms with Crippen molar-refractivity contribution >= 4 is 17.7 Å². The molecule has 8 heteroatoms. The molecule has 138 valence electrons. The Morgan fingerprint density at radius 3 is 2.59 bits per heavy atom. The highest BCUT2D eigenvalue weighted by molar-refractivity contribution is 5.97. The predicted molar refractivity (Wildman–Crippen MR) is 99.3 cm³/mol. The molecule has 8 nitrogen and oxygen atoms in total. The number of amides is 1. The number of H-pyrrole nitrogens is 1. The zero-order valence-corrected chi connectivity index (χ0v) is 15.0. The Morgan fingerprint density at radius 2 is 1.93 bits per heavy atom. The number of nitriles is 1. The number of carbonyl (C=O) groups is 1. The number of piperidine rings is 1. The van der Waals surface area contributed by atoms with Crippen molar-refractivity contribution in [3.8, 4) is 6.07 Å². The maximum atomic E-state index is 12.9. The van der Waals surface area contributed by atoms with Crippen LogP contribution < -0.4 is 15.8 Å². The van der Waals surface area contributed by atoms with E-state index in [-0.39, 0.29) is 11.4 Å². The second-order valence-corrected chi connectivity index (χ2v) is 7.18. The normalized spacial score (nSPS) is 22.7. The van der Waals surface area contributed by atoms with Crippen LogP contribution in [0.3, 0.4) is 0 Å². The largest absolute Gasteiger partial charge is 0.342 e. The Balaban J connectivity index is 1.80. The van der Waals surface area contributed by atoms with Crippen molar-refractivity contribution in [2.24, 2.45) is 11.8 Å². The molecule has 1 fully saturated rings. The Morgan fingerprint density at radius 1 is 1.22 bits per heavy atom. The van der Waals surface area contributed by atoms with Gasteiger partial charge in [0, 0.05) is 31.4 Å². The Hall–Kier alpha value is -3.21. The smallest absolute Gasteiger partial charge is 0.258 e. The first-order chi connectivity index (χ1) is 13.1. The van der Waals surface area contributed by atoms with E-state index in [1.54, 1.807) is 24.5 Å². The van der Waals surface area contributed by atoms with E-state index in [0.717, 1.165) is 25.9 Å². The summed E-state index contributed by atoms with van der Waals surface area (Å²) in [6.45, 7) is 3.83. The summed E-state index contributed by atoms with van der Waals surface area (Å²) in [5.74, 6) is -0.751. The van der Waals surface area contributed by atoms with E-state index in [1.165, 1.54) is 0 Å². The molecule has 4 heterocycles. The van der Waals surface area contributed by atoms with Crippen LogP contribution in [-0.2, 0) is 4.79 Å². The van der Waals surface area contributed by atoms with Gasteiger partial charge in [0.05, 0.1) is 11.6 Å². The molecule has 2 aliphatic rings. The van der Waals surface area contributed by atoms with E-state index in [2.05, 4.69) is 27.2 Å². The number of nitrogens with zero attached hydrogens (tertiary/aromatic N) is 4. The Kier molecular flexibility index (Phi) is 4.36. The monoisotopic (exact) mass is 364 g/mol. The van der Waals surface area contributed by atoms with Gasteiger partial charge in [0.25, 0.3) is 5.56 Å². The summed E-state index contributed by atoms with van der Waals surface area (Å²) in [4.78, 5) is 38.8. The van der Waals surface area contributed by atoms with E-state index in [9.17, 15) is 14.9 Å². The van der Waals surface area contributed by atoms with E-state index >= 15 is 0 Å². The fourth-order valence-electron chi connectivity index (χ4n) is 3.80. The molecule has 0 aliphatic carbocycles. The molecule has 2 aliphatic heterocycles. The zero-order valence-electron chi connectivity index (χ0n) is 15.0. The van der Waals surface area contributed by atoms with Crippen molar-refractivity contribution in [3.05, 3.63) is 46.0 Å². The molecule has 2 atom stereocenters. The highest BCUT2D eigenvalue weighted by atomic mass is 16.2. The number of aromatic amines is 1. The number of hydrogen-bond donors (Lipinski definition) is 2. The molecule has 0 spiro atoms. The molecular weight excluding hydrogens is 344 g/mol. The summed E-state index contributed by atoms with van der Waals surface area (Å²) in [6, 6.07) is 5.47. The molecule has 2 aromatic rings. The highest BCUT2D eigenvalue weighted by Crippen LogP contribution is 2.38. The predicted octanol–water partition coefficient (Wildman–Crippen LogP) is 1.62. The van der Waals surface area contributed by atoms with E-state index in [4.69, 9.17) is 0 Å². The van der Waals surface area contributed by atoms with Crippen LogP contribution in [0.5, 0.6) is 0 Å². The minimum absolute atomic E-state index is 0.241. The van der Waals surface area contributed by atoms with Gasteiger partial charge < -0.3 is 10.2 Å². The Bertz CT molecular complexity index is 956. The molecule has 1 saturated heterocycles. The molecule has 0 radical (unpaired) electrons. The number of nitrogens with one attached hydrogen (secondary N) is 2. The lowest BCUT2D eigenvalue weighted by Gasteiger charge is -2.32. The van der Waals surface area contributed by atoms with E-state index < -0.39 is 17.7 Å². The molecule has 4 rings (SSSR count). The van der Waals surface area contributed by atoms with Crippen LogP contribution in [0.1, 0.15) is 36.8 Å². The third-order valence-corrected chi connectivity index (χ3v) is 5.40. The van der Waals surface area contributed by atoms with E-state index in [0.29, 0.717) is 23.0 Å². The number of hydrogen-bond acceptors (Lipinski definition) is 6. The van der Waals surface area contributed by atoms with Gasteiger partial charge in [0.2, 0.25) is 11.9 Å². The first kappa shape index (κ1) is 17.2. The standard InChI is InChI=1S/C19H20N6O2/c1-11-4-8-25(9-5-11)19-23-16-15(18(27)24-19)14(12-2-6-21-7-3-12)13(10-20)17(26)22-16/h2-3,6-7,11,13-14H,4-5,8-9H2,1H3,(H2,22,23,24,26,27). The van der Waals surface area contributed by atoms with Crippen LogP contribution in [0.25, 0.3) is 0 Å². The zero-order chi connectivity index (χ0) is 19.0.